The van der Waals surface area contributed by atoms with E-state index in [0.29, 0.717) is 5.56 Å². The van der Waals surface area contributed by atoms with Crippen LogP contribution < -0.4 is 5.56 Å². The van der Waals surface area contributed by atoms with Gasteiger partial charge in [-0.05, 0) is 45.2 Å². The molecule has 1 heterocycles. The molecule has 0 amide bonds. The van der Waals surface area contributed by atoms with Crippen LogP contribution in [-0.2, 0) is 5.41 Å². The molecule has 19 heavy (non-hydrogen) atoms. The summed E-state index contributed by atoms with van der Waals surface area (Å²) in [6, 6.07) is 11.9. The van der Waals surface area contributed by atoms with E-state index < -0.39 is 5.41 Å². The van der Waals surface area contributed by atoms with Gasteiger partial charge in [0.2, 0.25) is 0 Å². The van der Waals surface area contributed by atoms with E-state index in [9.17, 15) is 10.1 Å². The molecule has 0 saturated carbocycles. The van der Waals surface area contributed by atoms with Crippen molar-refractivity contribution < 1.29 is 0 Å². The van der Waals surface area contributed by atoms with Crippen LogP contribution in [0.4, 0.5) is 0 Å². The molecule has 1 aromatic carbocycles. The Morgan fingerprint density at radius 2 is 1.89 bits per heavy atom. The summed E-state index contributed by atoms with van der Waals surface area (Å²) < 4.78 is 1.77. The number of fused-ring (bicyclic) bond motifs is 1. The van der Waals surface area contributed by atoms with Crippen molar-refractivity contribution in [3.8, 4) is 6.07 Å². The van der Waals surface area contributed by atoms with E-state index in [1.165, 1.54) is 0 Å². The van der Waals surface area contributed by atoms with Crippen LogP contribution in [0.3, 0.4) is 0 Å². The van der Waals surface area contributed by atoms with Crippen LogP contribution in [0.25, 0.3) is 10.9 Å². The quantitative estimate of drug-likeness (QED) is 0.824. The molecular weight excluding hydrogens is 236 g/mol. The Morgan fingerprint density at radius 1 is 1.26 bits per heavy atom. The van der Waals surface area contributed by atoms with Gasteiger partial charge in [-0.25, -0.2) is 0 Å². The second-order valence-corrected chi connectivity index (χ2v) is 5.62. The first-order valence-corrected chi connectivity index (χ1v) is 6.44. The number of rotatable bonds is 2. The predicted octanol–water partition coefficient (Wildman–Crippen LogP) is 3.38. The number of aromatic nitrogens is 1. The van der Waals surface area contributed by atoms with Crippen LogP contribution >= 0.6 is 0 Å². The van der Waals surface area contributed by atoms with Crippen LogP contribution in [0.5, 0.6) is 0 Å². The molecule has 0 spiro atoms. The van der Waals surface area contributed by atoms with Crippen molar-refractivity contribution in [1.29, 1.82) is 5.26 Å². The molecule has 0 aliphatic carbocycles. The standard InChI is InChI=1S/C16H18N2O/c1-11(2)18-14-8-6-5-7-12(14)9-13(15(18)19)16(3,4)10-17/h5-9,11H,1-4H3. The minimum Gasteiger partial charge on any atom is -0.305 e. The lowest BCUT2D eigenvalue weighted by molar-refractivity contribution is 0.577. The van der Waals surface area contributed by atoms with Crippen molar-refractivity contribution in [2.24, 2.45) is 0 Å². The Balaban J connectivity index is 2.95. The summed E-state index contributed by atoms with van der Waals surface area (Å²) in [5.74, 6) is 0. The van der Waals surface area contributed by atoms with Gasteiger partial charge in [-0.2, -0.15) is 5.26 Å². The number of hydrogen-bond donors (Lipinski definition) is 0. The van der Waals surface area contributed by atoms with Gasteiger partial charge >= 0.3 is 0 Å². The van der Waals surface area contributed by atoms with Gasteiger partial charge in [0.05, 0.1) is 17.0 Å². The second kappa shape index (κ2) is 4.55. The van der Waals surface area contributed by atoms with Gasteiger partial charge in [0.1, 0.15) is 0 Å². The van der Waals surface area contributed by atoms with Crippen molar-refractivity contribution in [1.82, 2.24) is 4.57 Å². The molecule has 2 aromatic rings. The van der Waals surface area contributed by atoms with Crippen molar-refractivity contribution in [2.75, 3.05) is 0 Å². The van der Waals surface area contributed by atoms with Gasteiger partial charge in [0.25, 0.3) is 5.56 Å². The number of benzene rings is 1. The van der Waals surface area contributed by atoms with E-state index in [1.54, 1.807) is 18.4 Å². The summed E-state index contributed by atoms with van der Waals surface area (Å²) in [5, 5.41) is 10.3. The Bertz CT molecular complexity index is 718. The number of nitriles is 1. The highest BCUT2D eigenvalue weighted by atomic mass is 16.1. The fourth-order valence-electron chi connectivity index (χ4n) is 2.31. The average molecular weight is 254 g/mol. The molecule has 3 heteroatoms. The SMILES string of the molecule is CC(C)n1c(=O)c(C(C)(C)C#N)cc2ccccc21. The van der Waals surface area contributed by atoms with Crippen LogP contribution in [0, 0.1) is 11.3 Å². The molecular formula is C16H18N2O. The topological polar surface area (TPSA) is 45.8 Å². The second-order valence-electron chi connectivity index (χ2n) is 5.62. The summed E-state index contributed by atoms with van der Waals surface area (Å²) in [7, 11) is 0. The third-order valence-corrected chi connectivity index (χ3v) is 3.41. The molecule has 0 aliphatic heterocycles. The van der Waals surface area contributed by atoms with Gasteiger partial charge in [0.15, 0.2) is 0 Å². The highest BCUT2D eigenvalue weighted by molar-refractivity contribution is 5.80. The normalized spacial score (nSPS) is 11.8. The molecule has 0 aliphatic rings. The van der Waals surface area contributed by atoms with E-state index in [1.807, 2.05) is 44.2 Å². The lowest BCUT2D eigenvalue weighted by atomic mass is 9.86. The molecule has 0 bridgehead atoms. The molecule has 3 nitrogen and oxygen atoms in total. The number of pyridine rings is 1. The third kappa shape index (κ3) is 2.15. The Morgan fingerprint density at radius 3 is 2.47 bits per heavy atom. The van der Waals surface area contributed by atoms with Crippen molar-refractivity contribution in [3.63, 3.8) is 0 Å². The minimum absolute atomic E-state index is 0.0619. The molecule has 1 aromatic heterocycles. The maximum Gasteiger partial charge on any atom is 0.256 e. The molecule has 2 rings (SSSR count). The van der Waals surface area contributed by atoms with Crippen LogP contribution in [0.15, 0.2) is 35.1 Å². The minimum atomic E-state index is -0.780. The number of hydrogen-bond acceptors (Lipinski definition) is 2. The summed E-state index contributed by atoms with van der Waals surface area (Å²) in [5.41, 5.74) is 0.625. The van der Waals surface area contributed by atoms with Crippen LogP contribution in [0.2, 0.25) is 0 Å². The zero-order chi connectivity index (χ0) is 14.2. The highest BCUT2D eigenvalue weighted by Gasteiger charge is 2.25. The van der Waals surface area contributed by atoms with Gasteiger partial charge in [-0.1, -0.05) is 18.2 Å². The molecule has 0 unspecified atom stereocenters. The monoisotopic (exact) mass is 254 g/mol. The van der Waals surface area contributed by atoms with Gasteiger partial charge in [-0.3, -0.25) is 4.79 Å². The molecule has 0 saturated heterocycles. The number of para-hydroxylation sites is 1. The van der Waals surface area contributed by atoms with Crippen molar-refractivity contribution in [3.05, 3.63) is 46.2 Å². The molecule has 0 N–H and O–H groups in total. The molecule has 98 valence electrons. The first-order valence-electron chi connectivity index (χ1n) is 6.44. The first-order chi connectivity index (χ1) is 8.88. The number of nitrogens with zero attached hydrogens (tertiary/aromatic N) is 2. The van der Waals surface area contributed by atoms with Crippen LogP contribution in [-0.4, -0.2) is 4.57 Å². The lowest BCUT2D eigenvalue weighted by Crippen LogP contribution is -2.32. The van der Waals surface area contributed by atoms with Crippen molar-refractivity contribution in [2.45, 2.75) is 39.2 Å². The Labute approximate surface area is 113 Å². The molecule has 0 atom stereocenters. The fourth-order valence-corrected chi connectivity index (χ4v) is 2.31. The average Bonchev–Trinajstić information content (AvgIpc) is 2.37. The van der Waals surface area contributed by atoms with Crippen molar-refractivity contribution >= 4 is 10.9 Å². The lowest BCUT2D eigenvalue weighted by Gasteiger charge is -2.21. The Hall–Kier alpha value is -2.08. The largest absolute Gasteiger partial charge is 0.305 e. The first kappa shape index (κ1) is 13.4. The predicted molar refractivity (Wildman–Crippen MR) is 77.2 cm³/mol. The third-order valence-electron chi connectivity index (χ3n) is 3.41. The van der Waals surface area contributed by atoms with Gasteiger partial charge < -0.3 is 4.57 Å². The van der Waals surface area contributed by atoms with Crippen LogP contribution in [0.1, 0.15) is 39.3 Å². The maximum atomic E-state index is 12.6. The zero-order valence-electron chi connectivity index (χ0n) is 11.8. The van der Waals surface area contributed by atoms with E-state index in [0.717, 1.165) is 10.9 Å². The van der Waals surface area contributed by atoms with E-state index in [4.69, 9.17) is 0 Å². The fraction of sp³-hybridized carbons (Fsp3) is 0.375. The summed E-state index contributed by atoms with van der Waals surface area (Å²) >= 11 is 0. The summed E-state index contributed by atoms with van der Waals surface area (Å²) in [4.78, 5) is 12.6. The van der Waals surface area contributed by atoms with E-state index >= 15 is 0 Å². The summed E-state index contributed by atoms with van der Waals surface area (Å²) in [6.07, 6.45) is 0. The Kier molecular flexibility index (Phi) is 3.20. The zero-order valence-corrected chi connectivity index (χ0v) is 11.8. The van der Waals surface area contributed by atoms with Gasteiger partial charge in [-0.15, -0.1) is 0 Å². The summed E-state index contributed by atoms with van der Waals surface area (Å²) in [6.45, 7) is 7.53. The van der Waals surface area contributed by atoms with Gasteiger partial charge in [0, 0.05) is 11.6 Å². The van der Waals surface area contributed by atoms with E-state index in [2.05, 4.69) is 6.07 Å². The maximum absolute atomic E-state index is 12.6. The molecule has 0 fully saturated rings. The highest BCUT2D eigenvalue weighted by Crippen LogP contribution is 2.24. The van der Waals surface area contributed by atoms with E-state index in [-0.39, 0.29) is 11.6 Å². The smallest absolute Gasteiger partial charge is 0.256 e. The molecule has 0 radical (unpaired) electrons.